The minimum Gasteiger partial charge on any atom is -0.382 e. The molecule has 2 nitrogen and oxygen atoms in total. The Labute approximate surface area is 90.2 Å². The van der Waals surface area contributed by atoms with Gasteiger partial charge in [0.15, 0.2) is 0 Å². The molecule has 0 amide bonds. The molecular formula is C12H18FNO. The van der Waals surface area contributed by atoms with Gasteiger partial charge in [-0.05, 0) is 31.5 Å². The number of benzene rings is 1. The van der Waals surface area contributed by atoms with Crippen molar-refractivity contribution < 1.29 is 9.13 Å². The molecule has 1 rings (SSSR count). The zero-order valence-electron chi connectivity index (χ0n) is 9.08. The lowest BCUT2D eigenvalue weighted by Gasteiger charge is -2.15. The molecule has 0 saturated carbocycles. The van der Waals surface area contributed by atoms with Crippen LogP contribution in [0.3, 0.4) is 0 Å². The first-order valence-corrected chi connectivity index (χ1v) is 5.31. The van der Waals surface area contributed by atoms with Crippen molar-refractivity contribution in [1.82, 2.24) is 0 Å². The zero-order chi connectivity index (χ0) is 11.1. The summed E-state index contributed by atoms with van der Waals surface area (Å²) in [5.41, 5.74) is 6.33. The first-order valence-electron chi connectivity index (χ1n) is 5.31. The van der Waals surface area contributed by atoms with Crippen LogP contribution in [0, 0.1) is 5.82 Å². The van der Waals surface area contributed by atoms with E-state index in [0.717, 1.165) is 6.42 Å². The first-order chi connectivity index (χ1) is 7.29. The van der Waals surface area contributed by atoms with E-state index in [4.69, 9.17) is 10.5 Å². The first kappa shape index (κ1) is 12.1. The summed E-state index contributed by atoms with van der Waals surface area (Å²) in [4.78, 5) is 0. The highest BCUT2D eigenvalue weighted by atomic mass is 19.1. The van der Waals surface area contributed by atoms with E-state index in [9.17, 15) is 4.39 Å². The number of rotatable bonds is 6. The van der Waals surface area contributed by atoms with E-state index in [0.29, 0.717) is 25.3 Å². The summed E-state index contributed by atoms with van der Waals surface area (Å²) in [5, 5.41) is 0. The van der Waals surface area contributed by atoms with Gasteiger partial charge in [-0.15, -0.1) is 0 Å². The Morgan fingerprint density at radius 1 is 1.40 bits per heavy atom. The lowest BCUT2D eigenvalue weighted by atomic mass is 9.96. The van der Waals surface area contributed by atoms with Crippen LogP contribution in [0.5, 0.6) is 0 Å². The second-order valence-electron chi connectivity index (χ2n) is 3.44. The van der Waals surface area contributed by atoms with E-state index in [1.807, 2.05) is 13.0 Å². The molecule has 84 valence electrons. The van der Waals surface area contributed by atoms with Gasteiger partial charge in [-0.3, -0.25) is 0 Å². The third kappa shape index (κ3) is 3.61. The van der Waals surface area contributed by atoms with E-state index in [2.05, 4.69) is 0 Å². The quantitative estimate of drug-likeness (QED) is 0.733. The summed E-state index contributed by atoms with van der Waals surface area (Å²) < 4.78 is 18.7. The summed E-state index contributed by atoms with van der Waals surface area (Å²) >= 11 is 0. The predicted octanol–water partition coefficient (Wildman–Crippen LogP) is 2.29. The maximum Gasteiger partial charge on any atom is 0.126 e. The molecule has 0 saturated heterocycles. The second-order valence-corrected chi connectivity index (χ2v) is 3.44. The topological polar surface area (TPSA) is 35.2 Å². The van der Waals surface area contributed by atoms with Crippen LogP contribution in [0.15, 0.2) is 24.3 Å². The average Bonchev–Trinajstić information content (AvgIpc) is 2.26. The standard InChI is InChI=1S/C12H18FNO/c1-2-15-8-7-10(9-14)11-5-3-4-6-12(11)13/h3-6,10H,2,7-9,14H2,1H3. The summed E-state index contributed by atoms with van der Waals surface area (Å²) in [6.07, 6.45) is 0.769. The van der Waals surface area contributed by atoms with Crippen molar-refractivity contribution in [2.75, 3.05) is 19.8 Å². The van der Waals surface area contributed by atoms with Gasteiger partial charge in [0.05, 0.1) is 0 Å². The van der Waals surface area contributed by atoms with Crippen LogP contribution in [0.25, 0.3) is 0 Å². The smallest absolute Gasteiger partial charge is 0.126 e. The maximum atomic E-state index is 13.4. The highest BCUT2D eigenvalue weighted by Crippen LogP contribution is 2.21. The Bertz CT molecular complexity index is 291. The molecule has 15 heavy (non-hydrogen) atoms. The monoisotopic (exact) mass is 211 g/mol. The highest BCUT2D eigenvalue weighted by molar-refractivity contribution is 5.21. The normalized spacial score (nSPS) is 12.7. The summed E-state index contributed by atoms with van der Waals surface area (Å²) in [6, 6.07) is 6.79. The lowest BCUT2D eigenvalue weighted by Crippen LogP contribution is -2.16. The van der Waals surface area contributed by atoms with Crippen LogP contribution in [0.4, 0.5) is 4.39 Å². The fourth-order valence-corrected chi connectivity index (χ4v) is 1.58. The Hall–Kier alpha value is -0.930. The van der Waals surface area contributed by atoms with Gasteiger partial charge in [0.25, 0.3) is 0 Å². The van der Waals surface area contributed by atoms with E-state index < -0.39 is 0 Å². The Morgan fingerprint density at radius 2 is 2.13 bits per heavy atom. The number of halogens is 1. The van der Waals surface area contributed by atoms with Crippen molar-refractivity contribution in [1.29, 1.82) is 0 Å². The van der Waals surface area contributed by atoms with Crippen LogP contribution in [0.1, 0.15) is 24.8 Å². The average molecular weight is 211 g/mol. The largest absolute Gasteiger partial charge is 0.382 e. The lowest BCUT2D eigenvalue weighted by molar-refractivity contribution is 0.139. The van der Waals surface area contributed by atoms with Crippen LogP contribution in [-0.2, 0) is 4.74 Å². The molecule has 3 heteroatoms. The second kappa shape index (κ2) is 6.53. The van der Waals surface area contributed by atoms with Crippen LogP contribution in [-0.4, -0.2) is 19.8 Å². The van der Waals surface area contributed by atoms with Crippen molar-refractivity contribution >= 4 is 0 Å². The van der Waals surface area contributed by atoms with Gasteiger partial charge in [0, 0.05) is 19.1 Å². The number of hydrogen-bond donors (Lipinski definition) is 1. The predicted molar refractivity (Wildman–Crippen MR) is 59.3 cm³/mol. The Balaban J connectivity index is 2.61. The van der Waals surface area contributed by atoms with Gasteiger partial charge >= 0.3 is 0 Å². The summed E-state index contributed by atoms with van der Waals surface area (Å²) in [5.74, 6) is -0.123. The molecule has 0 fully saturated rings. The van der Waals surface area contributed by atoms with Crippen molar-refractivity contribution in [3.05, 3.63) is 35.6 Å². The fourth-order valence-electron chi connectivity index (χ4n) is 1.58. The molecular weight excluding hydrogens is 193 g/mol. The molecule has 0 aliphatic carbocycles. The third-order valence-corrected chi connectivity index (χ3v) is 2.44. The molecule has 0 aliphatic heterocycles. The van der Waals surface area contributed by atoms with Gasteiger partial charge in [-0.1, -0.05) is 18.2 Å². The molecule has 1 aromatic rings. The number of ether oxygens (including phenoxy) is 1. The maximum absolute atomic E-state index is 13.4. The molecule has 0 spiro atoms. The molecule has 0 aliphatic rings. The molecule has 1 atom stereocenters. The van der Waals surface area contributed by atoms with Crippen molar-refractivity contribution in [2.24, 2.45) is 5.73 Å². The van der Waals surface area contributed by atoms with E-state index in [-0.39, 0.29) is 11.7 Å². The van der Waals surface area contributed by atoms with Gasteiger partial charge in [-0.25, -0.2) is 4.39 Å². The summed E-state index contributed by atoms with van der Waals surface area (Å²) in [7, 11) is 0. The van der Waals surface area contributed by atoms with Crippen molar-refractivity contribution in [2.45, 2.75) is 19.3 Å². The molecule has 0 heterocycles. The number of nitrogens with two attached hydrogens (primary N) is 1. The Kier molecular flexibility index (Phi) is 5.29. The van der Waals surface area contributed by atoms with Gasteiger partial charge in [0.1, 0.15) is 5.82 Å². The van der Waals surface area contributed by atoms with Crippen molar-refractivity contribution in [3.8, 4) is 0 Å². The highest BCUT2D eigenvalue weighted by Gasteiger charge is 2.13. The number of hydrogen-bond acceptors (Lipinski definition) is 2. The fraction of sp³-hybridized carbons (Fsp3) is 0.500. The van der Waals surface area contributed by atoms with Crippen molar-refractivity contribution in [3.63, 3.8) is 0 Å². The molecule has 1 aromatic carbocycles. The zero-order valence-corrected chi connectivity index (χ0v) is 9.08. The van der Waals surface area contributed by atoms with Gasteiger partial charge < -0.3 is 10.5 Å². The minimum atomic E-state index is -0.176. The van der Waals surface area contributed by atoms with Gasteiger partial charge in [0.2, 0.25) is 0 Å². The molecule has 1 unspecified atom stereocenters. The van der Waals surface area contributed by atoms with Crippen LogP contribution >= 0.6 is 0 Å². The van der Waals surface area contributed by atoms with E-state index in [1.54, 1.807) is 12.1 Å². The third-order valence-electron chi connectivity index (χ3n) is 2.44. The van der Waals surface area contributed by atoms with Crippen LogP contribution < -0.4 is 5.73 Å². The molecule has 2 N–H and O–H groups in total. The van der Waals surface area contributed by atoms with Gasteiger partial charge in [-0.2, -0.15) is 0 Å². The SMILES string of the molecule is CCOCCC(CN)c1ccccc1F. The van der Waals surface area contributed by atoms with E-state index >= 15 is 0 Å². The molecule has 0 radical (unpaired) electrons. The molecule has 0 aromatic heterocycles. The Morgan fingerprint density at radius 3 is 2.73 bits per heavy atom. The minimum absolute atomic E-state index is 0.0535. The van der Waals surface area contributed by atoms with E-state index in [1.165, 1.54) is 6.07 Å². The summed E-state index contributed by atoms with van der Waals surface area (Å²) in [6.45, 7) is 3.72. The van der Waals surface area contributed by atoms with Crippen LogP contribution in [0.2, 0.25) is 0 Å². The molecule has 0 bridgehead atoms.